The van der Waals surface area contributed by atoms with Crippen LogP contribution in [0, 0.1) is 18.3 Å². The molecule has 5 heteroatoms. The number of ether oxygens (including phenoxy) is 1. The summed E-state index contributed by atoms with van der Waals surface area (Å²) < 4.78 is 5.18. The first-order valence-corrected chi connectivity index (χ1v) is 6.41. The van der Waals surface area contributed by atoms with Gasteiger partial charge in [-0.3, -0.25) is 9.59 Å². The van der Waals surface area contributed by atoms with Crippen LogP contribution in [-0.4, -0.2) is 31.6 Å². The average Bonchev–Trinajstić information content (AvgIpc) is 2.99. The van der Waals surface area contributed by atoms with Gasteiger partial charge in [-0.15, -0.1) is 6.42 Å². The third kappa shape index (κ3) is 3.37. The summed E-state index contributed by atoms with van der Waals surface area (Å²) in [6.07, 6.45) is 5.81. The highest BCUT2D eigenvalue weighted by Gasteiger charge is 2.24. The summed E-state index contributed by atoms with van der Waals surface area (Å²) in [6, 6.07) is 6.84. The Balaban J connectivity index is 2.09. The highest BCUT2D eigenvalue weighted by Crippen LogP contribution is 2.19. The van der Waals surface area contributed by atoms with E-state index in [4.69, 9.17) is 11.2 Å². The fourth-order valence-electron chi connectivity index (χ4n) is 1.99. The molecule has 1 aromatic carbocycles. The van der Waals surface area contributed by atoms with Crippen molar-refractivity contribution in [2.24, 2.45) is 5.92 Å². The number of nitrogens with one attached hydrogen (secondary N) is 2. The minimum absolute atomic E-state index is 0.125. The summed E-state index contributed by atoms with van der Waals surface area (Å²) in [5.41, 5.74) is 0.883. The molecule has 1 fully saturated rings. The third-order valence-corrected chi connectivity index (χ3v) is 3.08. The van der Waals surface area contributed by atoms with E-state index >= 15 is 0 Å². The molecule has 0 saturated carbocycles. The van der Waals surface area contributed by atoms with Crippen molar-refractivity contribution >= 4 is 17.5 Å². The molecule has 0 bridgehead atoms. The molecule has 0 aromatic heterocycles. The van der Waals surface area contributed by atoms with Crippen molar-refractivity contribution in [2.45, 2.75) is 6.42 Å². The molecule has 2 amide bonds. The lowest BCUT2D eigenvalue weighted by molar-refractivity contribution is -0.119. The zero-order valence-electron chi connectivity index (χ0n) is 11.0. The van der Waals surface area contributed by atoms with Crippen LogP contribution in [0.15, 0.2) is 24.3 Å². The first kappa shape index (κ1) is 14.1. The van der Waals surface area contributed by atoms with E-state index in [-0.39, 0.29) is 24.3 Å². The second kappa shape index (κ2) is 6.73. The number of rotatable bonds is 4. The number of carbonyl (C=O) groups excluding carboxylic acids is 2. The molecular weight excluding hydrogens is 256 g/mol. The first-order valence-electron chi connectivity index (χ1n) is 6.41. The molecular formula is C15H16N2O3. The van der Waals surface area contributed by atoms with Crippen molar-refractivity contribution < 1.29 is 14.3 Å². The normalized spacial score (nSPS) is 17.2. The SMILES string of the molecule is C#CCNC(=O)c1ccccc1NC(=O)C1CCOC1. The fourth-order valence-corrected chi connectivity index (χ4v) is 1.99. The second-order valence-corrected chi connectivity index (χ2v) is 4.48. The van der Waals surface area contributed by atoms with Crippen LogP contribution in [0.3, 0.4) is 0 Å². The molecule has 1 unspecified atom stereocenters. The van der Waals surface area contributed by atoms with Gasteiger partial charge in [0.15, 0.2) is 0 Å². The fraction of sp³-hybridized carbons (Fsp3) is 0.333. The van der Waals surface area contributed by atoms with Crippen molar-refractivity contribution in [3.63, 3.8) is 0 Å². The number of carbonyl (C=O) groups is 2. The number of amides is 2. The van der Waals surface area contributed by atoms with Gasteiger partial charge in [-0.25, -0.2) is 0 Å². The Kier molecular flexibility index (Phi) is 4.75. The molecule has 2 rings (SSSR count). The molecule has 5 nitrogen and oxygen atoms in total. The van der Waals surface area contributed by atoms with Gasteiger partial charge in [0.1, 0.15) is 0 Å². The number of benzene rings is 1. The predicted octanol–water partition coefficient (Wildman–Crippen LogP) is 1.02. The highest BCUT2D eigenvalue weighted by atomic mass is 16.5. The third-order valence-electron chi connectivity index (χ3n) is 3.08. The van der Waals surface area contributed by atoms with Gasteiger partial charge < -0.3 is 15.4 Å². The van der Waals surface area contributed by atoms with E-state index in [0.717, 1.165) is 0 Å². The number of hydrogen-bond acceptors (Lipinski definition) is 3. The maximum absolute atomic E-state index is 12.0. The quantitative estimate of drug-likeness (QED) is 0.804. The smallest absolute Gasteiger partial charge is 0.254 e. The van der Waals surface area contributed by atoms with E-state index in [9.17, 15) is 9.59 Å². The molecule has 0 spiro atoms. The Morgan fingerprint density at radius 1 is 1.40 bits per heavy atom. The zero-order chi connectivity index (χ0) is 14.4. The zero-order valence-corrected chi connectivity index (χ0v) is 11.0. The molecule has 0 radical (unpaired) electrons. The Morgan fingerprint density at radius 2 is 2.20 bits per heavy atom. The van der Waals surface area contributed by atoms with Crippen LogP contribution in [0.1, 0.15) is 16.8 Å². The van der Waals surface area contributed by atoms with E-state index in [1.807, 2.05) is 0 Å². The average molecular weight is 272 g/mol. The molecule has 104 valence electrons. The van der Waals surface area contributed by atoms with Gasteiger partial charge in [-0.05, 0) is 18.6 Å². The van der Waals surface area contributed by atoms with Crippen molar-refractivity contribution in [3.8, 4) is 12.3 Å². The molecule has 1 aromatic rings. The molecule has 1 aliphatic rings. The van der Waals surface area contributed by atoms with Crippen LogP contribution in [0.25, 0.3) is 0 Å². The summed E-state index contributed by atoms with van der Waals surface area (Å²) in [6.45, 7) is 1.18. The maximum Gasteiger partial charge on any atom is 0.254 e. The van der Waals surface area contributed by atoms with Crippen LogP contribution in [0.2, 0.25) is 0 Å². The minimum atomic E-state index is -0.304. The Morgan fingerprint density at radius 3 is 2.90 bits per heavy atom. The van der Waals surface area contributed by atoms with Crippen molar-refractivity contribution in [1.82, 2.24) is 5.32 Å². The number of hydrogen-bond donors (Lipinski definition) is 2. The highest BCUT2D eigenvalue weighted by molar-refractivity contribution is 6.04. The molecule has 1 aliphatic heterocycles. The second-order valence-electron chi connectivity index (χ2n) is 4.48. The summed E-state index contributed by atoms with van der Waals surface area (Å²) in [5, 5.41) is 5.36. The molecule has 1 heterocycles. The predicted molar refractivity (Wildman–Crippen MR) is 75.2 cm³/mol. The van der Waals surface area contributed by atoms with Crippen molar-refractivity contribution in [3.05, 3.63) is 29.8 Å². The van der Waals surface area contributed by atoms with Gasteiger partial charge in [0.25, 0.3) is 5.91 Å². The van der Waals surface area contributed by atoms with Gasteiger partial charge in [-0.1, -0.05) is 18.1 Å². The van der Waals surface area contributed by atoms with E-state index in [1.54, 1.807) is 24.3 Å². The minimum Gasteiger partial charge on any atom is -0.381 e. The topological polar surface area (TPSA) is 67.4 Å². The summed E-state index contributed by atoms with van der Waals surface area (Å²) in [4.78, 5) is 24.0. The summed E-state index contributed by atoms with van der Waals surface area (Å²) >= 11 is 0. The van der Waals surface area contributed by atoms with Crippen molar-refractivity contribution in [1.29, 1.82) is 0 Å². The standard InChI is InChI=1S/C15H16N2O3/c1-2-8-16-15(19)12-5-3-4-6-13(12)17-14(18)11-7-9-20-10-11/h1,3-6,11H,7-10H2,(H,16,19)(H,17,18). The van der Waals surface area contributed by atoms with E-state index < -0.39 is 0 Å². The lowest BCUT2D eigenvalue weighted by Crippen LogP contribution is -2.27. The van der Waals surface area contributed by atoms with E-state index in [1.165, 1.54) is 0 Å². The number of terminal acetylenes is 1. The lowest BCUT2D eigenvalue weighted by atomic mass is 10.1. The van der Waals surface area contributed by atoms with Crippen LogP contribution in [0.4, 0.5) is 5.69 Å². The largest absolute Gasteiger partial charge is 0.381 e. The van der Waals surface area contributed by atoms with Gasteiger partial charge >= 0.3 is 0 Å². The Labute approximate surface area is 117 Å². The molecule has 1 atom stereocenters. The van der Waals surface area contributed by atoms with Crippen LogP contribution >= 0.6 is 0 Å². The van der Waals surface area contributed by atoms with Gasteiger partial charge in [-0.2, -0.15) is 0 Å². The monoisotopic (exact) mass is 272 g/mol. The van der Waals surface area contributed by atoms with Crippen LogP contribution < -0.4 is 10.6 Å². The van der Waals surface area contributed by atoms with Crippen molar-refractivity contribution in [2.75, 3.05) is 25.1 Å². The lowest BCUT2D eigenvalue weighted by Gasteiger charge is -2.13. The van der Waals surface area contributed by atoms with Crippen LogP contribution in [0.5, 0.6) is 0 Å². The number of para-hydroxylation sites is 1. The molecule has 20 heavy (non-hydrogen) atoms. The van der Waals surface area contributed by atoms with Gasteiger partial charge in [0, 0.05) is 6.61 Å². The Hall–Kier alpha value is -2.32. The van der Waals surface area contributed by atoms with E-state index in [2.05, 4.69) is 16.6 Å². The van der Waals surface area contributed by atoms with Gasteiger partial charge in [0.2, 0.25) is 5.91 Å². The van der Waals surface area contributed by atoms with E-state index in [0.29, 0.717) is 30.9 Å². The van der Waals surface area contributed by atoms with Crippen LogP contribution in [-0.2, 0) is 9.53 Å². The molecule has 2 N–H and O–H groups in total. The van der Waals surface area contributed by atoms with Gasteiger partial charge in [0.05, 0.1) is 30.3 Å². The Bertz CT molecular complexity index is 542. The first-order chi connectivity index (χ1) is 9.72. The summed E-state index contributed by atoms with van der Waals surface area (Å²) in [7, 11) is 0. The summed E-state index contributed by atoms with van der Waals surface area (Å²) in [5.74, 6) is 1.75. The number of anilines is 1. The molecule has 0 aliphatic carbocycles. The molecule has 1 saturated heterocycles. The maximum atomic E-state index is 12.0.